The maximum atomic E-state index is 12.9. The maximum Gasteiger partial charge on any atom is 0.243 e. The molecule has 1 aliphatic rings. The number of amides is 1. The molecule has 1 fully saturated rings. The van der Waals surface area contributed by atoms with E-state index in [9.17, 15) is 13.2 Å². The van der Waals surface area contributed by atoms with E-state index in [2.05, 4.69) is 10.3 Å². The summed E-state index contributed by atoms with van der Waals surface area (Å²) in [5.74, 6) is -0.355. The number of hydrogen-bond donors (Lipinski definition) is 1. The zero-order valence-corrected chi connectivity index (χ0v) is 20.0. The number of carbonyl (C=O) groups is 1. The smallest absolute Gasteiger partial charge is 0.243 e. The largest absolute Gasteiger partial charge is 0.302 e. The average molecular weight is 490 g/mol. The van der Waals surface area contributed by atoms with Gasteiger partial charge in [-0.3, -0.25) is 4.79 Å². The molecule has 0 saturated carbocycles. The summed E-state index contributed by atoms with van der Waals surface area (Å²) in [6.07, 6.45) is 3.37. The van der Waals surface area contributed by atoms with E-state index in [1.165, 1.54) is 15.6 Å². The molecule has 6 nitrogen and oxygen atoms in total. The van der Waals surface area contributed by atoms with Crippen LogP contribution in [0.5, 0.6) is 0 Å². The molecule has 1 saturated heterocycles. The van der Waals surface area contributed by atoms with E-state index in [0.717, 1.165) is 16.0 Å². The number of carbonyl (C=O) groups excluding carboxylic acids is 1. The molecule has 1 aliphatic heterocycles. The highest BCUT2D eigenvalue weighted by Gasteiger charge is 2.32. The Balaban J connectivity index is 1.33. The van der Waals surface area contributed by atoms with Crippen LogP contribution in [0.2, 0.25) is 5.02 Å². The van der Waals surface area contributed by atoms with Crippen LogP contribution in [0.1, 0.15) is 28.8 Å². The van der Waals surface area contributed by atoms with Gasteiger partial charge in [-0.15, -0.1) is 11.3 Å². The third-order valence-electron chi connectivity index (χ3n) is 5.59. The van der Waals surface area contributed by atoms with Crippen molar-refractivity contribution in [3.05, 3.63) is 75.8 Å². The number of sulfonamides is 1. The molecule has 3 aromatic rings. The third kappa shape index (κ3) is 5.20. The van der Waals surface area contributed by atoms with Gasteiger partial charge in [-0.1, -0.05) is 47.5 Å². The topological polar surface area (TPSA) is 79.4 Å². The molecule has 9 heteroatoms. The summed E-state index contributed by atoms with van der Waals surface area (Å²) >= 11 is 7.65. The van der Waals surface area contributed by atoms with Gasteiger partial charge < -0.3 is 5.32 Å². The van der Waals surface area contributed by atoms with Gasteiger partial charge in [-0.2, -0.15) is 4.31 Å². The van der Waals surface area contributed by atoms with E-state index < -0.39 is 10.0 Å². The molecule has 0 bridgehead atoms. The predicted octanol–water partition coefficient (Wildman–Crippen LogP) is 4.74. The first kappa shape index (κ1) is 22.9. The number of piperidine rings is 1. The highest BCUT2D eigenvalue weighted by molar-refractivity contribution is 7.89. The molecule has 32 heavy (non-hydrogen) atoms. The van der Waals surface area contributed by atoms with Gasteiger partial charge in [0.15, 0.2) is 5.13 Å². The number of hydrogen-bond acceptors (Lipinski definition) is 5. The molecule has 4 rings (SSSR count). The monoisotopic (exact) mass is 489 g/mol. The average Bonchev–Trinajstić information content (AvgIpc) is 3.22. The van der Waals surface area contributed by atoms with Crippen LogP contribution in [-0.4, -0.2) is 36.7 Å². The van der Waals surface area contributed by atoms with Crippen LogP contribution in [-0.2, 0) is 21.2 Å². The van der Waals surface area contributed by atoms with E-state index in [1.54, 1.807) is 30.5 Å². The fraction of sp³-hybridized carbons (Fsp3) is 0.304. The number of thiazole rings is 1. The fourth-order valence-electron chi connectivity index (χ4n) is 3.70. The van der Waals surface area contributed by atoms with Crippen LogP contribution in [0.25, 0.3) is 0 Å². The first-order valence-electron chi connectivity index (χ1n) is 10.4. The molecule has 0 atom stereocenters. The molecular formula is C23H24ClN3O3S2. The minimum Gasteiger partial charge on any atom is -0.302 e. The SMILES string of the molecule is Cc1ccc(S(=O)(=O)N2CCC(C(=O)Nc3ncc(Cc4ccccc4Cl)s3)CC2)cc1. The highest BCUT2D eigenvalue weighted by atomic mass is 35.5. The Bertz CT molecular complexity index is 1200. The summed E-state index contributed by atoms with van der Waals surface area (Å²) in [4.78, 5) is 18.3. The predicted molar refractivity (Wildman–Crippen MR) is 128 cm³/mol. The number of benzene rings is 2. The number of nitrogens with one attached hydrogen (secondary N) is 1. The lowest BCUT2D eigenvalue weighted by Gasteiger charge is -2.30. The first-order chi connectivity index (χ1) is 15.3. The zero-order valence-electron chi connectivity index (χ0n) is 17.6. The second-order valence-corrected chi connectivity index (χ2v) is 11.3. The van der Waals surface area contributed by atoms with E-state index in [4.69, 9.17) is 11.6 Å². The number of rotatable bonds is 6. The summed E-state index contributed by atoms with van der Waals surface area (Å²) in [7, 11) is -3.54. The second-order valence-electron chi connectivity index (χ2n) is 7.88. The Morgan fingerprint density at radius 2 is 1.84 bits per heavy atom. The van der Waals surface area contributed by atoms with Gasteiger partial charge in [-0.25, -0.2) is 13.4 Å². The zero-order chi connectivity index (χ0) is 22.7. The van der Waals surface area contributed by atoms with Gasteiger partial charge in [0.1, 0.15) is 0 Å². The molecule has 1 amide bonds. The van der Waals surface area contributed by atoms with Crippen molar-refractivity contribution in [1.29, 1.82) is 0 Å². The molecule has 0 radical (unpaired) electrons. The van der Waals surface area contributed by atoms with E-state index >= 15 is 0 Å². The lowest BCUT2D eigenvalue weighted by Crippen LogP contribution is -2.41. The van der Waals surface area contributed by atoms with E-state index in [1.807, 2.05) is 31.2 Å². The number of aryl methyl sites for hydroxylation is 1. The summed E-state index contributed by atoms with van der Waals surface area (Å²) in [5.41, 5.74) is 2.02. The Labute approximate surface area is 197 Å². The van der Waals surface area contributed by atoms with Crippen molar-refractivity contribution in [2.75, 3.05) is 18.4 Å². The minimum absolute atomic E-state index is 0.115. The van der Waals surface area contributed by atoms with Crippen LogP contribution < -0.4 is 5.32 Å². The van der Waals surface area contributed by atoms with Crippen molar-refractivity contribution in [3.63, 3.8) is 0 Å². The molecule has 0 spiro atoms. The molecule has 168 valence electrons. The van der Waals surface area contributed by atoms with Crippen LogP contribution in [0.3, 0.4) is 0 Å². The molecule has 2 heterocycles. The number of anilines is 1. The molecule has 0 unspecified atom stereocenters. The van der Waals surface area contributed by atoms with Crippen molar-refractivity contribution < 1.29 is 13.2 Å². The Kier molecular flexibility index (Phi) is 6.95. The summed E-state index contributed by atoms with van der Waals surface area (Å²) in [5, 5.41) is 4.15. The lowest BCUT2D eigenvalue weighted by molar-refractivity contribution is -0.120. The lowest BCUT2D eigenvalue weighted by atomic mass is 9.97. The van der Waals surface area contributed by atoms with Crippen LogP contribution in [0, 0.1) is 12.8 Å². The summed E-state index contributed by atoms with van der Waals surface area (Å²) in [6.45, 7) is 2.57. The van der Waals surface area contributed by atoms with Gasteiger partial charge in [0, 0.05) is 41.5 Å². The third-order valence-corrected chi connectivity index (χ3v) is 8.78. The van der Waals surface area contributed by atoms with Crippen molar-refractivity contribution in [1.82, 2.24) is 9.29 Å². The molecule has 1 N–H and O–H groups in total. The summed E-state index contributed by atoms with van der Waals surface area (Å²) < 4.78 is 27.2. The van der Waals surface area contributed by atoms with Gasteiger partial charge in [0.05, 0.1) is 4.90 Å². The maximum absolute atomic E-state index is 12.9. The van der Waals surface area contributed by atoms with Gasteiger partial charge >= 0.3 is 0 Å². The second kappa shape index (κ2) is 9.70. The molecule has 0 aliphatic carbocycles. The van der Waals surface area contributed by atoms with E-state index in [0.29, 0.717) is 47.4 Å². The standard InChI is InChI=1S/C23H24ClN3O3S2/c1-16-6-8-20(9-7-16)32(29,30)27-12-10-17(11-13-27)22(28)26-23-25-15-19(31-23)14-18-4-2-3-5-21(18)24/h2-9,15,17H,10-14H2,1H3,(H,25,26,28). The normalized spacial score (nSPS) is 15.6. The van der Waals surface area contributed by atoms with Crippen LogP contribution in [0.15, 0.2) is 59.6 Å². The fourth-order valence-corrected chi connectivity index (χ4v) is 6.21. The van der Waals surface area contributed by atoms with Crippen molar-refractivity contribution >= 4 is 44.0 Å². The number of halogens is 1. The van der Waals surface area contributed by atoms with Gasteiger partial charge in [-0.05, 0) is 43.5 Å². The molecular weight excluding hydrogens is 466 g/mol. The van der Waals surface area contributed by atoms with Crippen molar-refractivity contribution in [2.24, 2.45) is 5.92 Å². The first-order valence-corrected chi connectivity index (χ1v) is 13.0. The van der Waals surface area contributed by atoms with Gasteiger partial charge in [0.25, 0.3) is 0 Å². The number of nitrogens with zero attached hydrogens (tertiary/aromatic N) is 2. The quantitative estimate of drug-likeness (QED) is 0.542. The Morgan fingerprint density at radius 1 is 1.16 bits per heavy atom. The number of aromatic nitrogens is 1. The van der Waals surface area contributed by atoms with Gasteiger partial charge in [0.2, 0.25) is 15.9 Å². The van der Waals surface area contributed by atoms with Crippen molar-refractivity contribution in [2.45, 2.75) is 31.1 Å². The Morgan fingerprint density at radius 3 is 2.53 bits per heavy atom. The highest BCUT2D eigenvalue weighted by Crippen LogP contribution is 2.27. The minimum atomic E-state index is -3.54. The molecule has 1 aromatic heterocycles. The van der Waals surface area contributed by atoms with Crippen LogP contribution in [0.4, 0.5) is 5.13 Å². The summed E-state index contributed by atoms with van der Waals surface area (Å²) in [6, 6.07) is 14.5. The van der Waals surface area contributed by atoms with Crippen LogP contribution >= 0.6 is 22.9 Å². The van der Waals surface area contributed by atoms with E-state index in [-0.39, 0.29) is 11.8 Å². The molecule has 2 aromatic carbocycles. The Hall–Kier alpha value is -2.26. The van der Waals surface area contributed by atoms with Crippen molar-refractivity contribution in [3.8, 4) is 0 Å².